The molecule has 4 aliphatic rings. The lowest BCUT2D eigenvalue weighted by Gasteiger charge is -2.58. The first-order valence-electron chi connectivity index (χ1n) is 13.3. The summed E-state index contributed by atoms with van der Waals surface area (Å²) in [6.07, 6.45) is 17.5. The average molecular weight is 425 g/mol. The van der Waals surface area contributed by atoms with Crippen molar-refractivity contribution in [2.75, 3.05) is 0 Å². The van der Waals surface area contributed by atoms with Gasteiger partial charge in [0.15, 0.2) is 0 Å². The van der Waals surface area contributed by atoms with Crippen LogP contribution in [0, 0.1) is 52.3 Å². The molecule has 0 heterocycles. The molecule has 4 rings (SSSR count). The van der Waals surface area contributed by atoms with Crippen molar-refractivity contribution < 1.29 is 5.11 Å². The van der Waals surface area contributed by atoms with Crippen molar-refractivity contribution >= 4 is 0 Å². The molecule has 0 saturated heterocycles. The monoisotopic (exact) mass is 424 g/mol. The highest BCUT2D eigenvalue weighted by Crippen LogP contribution is 2.67. The third-order valence-electron chi connectivity index (χ3n) is 10.7. The number of aliphatic hydroxyl groups is 1. The van der Waals surface area contributed by atoms with E-state index in [0.717, 1.165) is 36.5 Å². The molecular weight excluding hydrogens is 376 g/mol. The van der Waals surface area contributed by atoms with Crippen molar-refractivity contribution in [1.29, 1.82) is 0 Å². The van der Waals surface area contributed by atoms with Crippen LogP contribution >= 0.6 is 0 Å². The summed E-state index contributed by atoms with van der Waals surface area (Å²) < 4.78 is 0. The van der Waals surface area contributed by atoms with Crippen molar-refractivity contribution in [3.05, 3.63) is 36.0 Å². The maximum atomic E-state index is 10.3. The fourth-order valence-electron chi connectivity index (χ4n) is 8.93. The summed E-state index contributed by atoms with van der Waals surface area (Å²) in [5.74, 6) is 5.20. The molecule has 1 heteroatoms. The Balaban J connectivity index is 1.52. The van der Waals surface area contributed by atoms with E-state index in [0.29, 0.717) is 28.6 Å². The van der Waals surface area contributed by atoms with E-state index in [2.05, 4.69) is 66.3 Å². The van der Waals surface area contributed by atoms with E-state index in [-0.39, 0.29) is 6.10 Å². The van der Waals surface area contributed by atoms with Gasteiger partial charge in [0.1, 0.15) is 0 Å². The maximum absolute atomic E-state index is 10.3. The SMILES string of the molecule is C=C(C)C(/C=C/[C@@H](C)[C@H]1CC[C@H]2[C@@H]3CC=C4C[C@@H](O)CC[C@]4(C)[C@H]3CC[C@]12C)C(C)C. The molecule has 1 N–H and O–H groups in total. The van der Waals surface area contributed by atoms with E-state index in [1.165, 1.54) is 44.1 Å². The minimum atomic E-state index is -0.0953. The van der Waals surface area contributed by atoms with Gasteiger partial charge >= 0.3 is 0 Å². The molecule has 0 aliphatic heterocycles. The molecule has 31 heavy (non-hydrogen) atoms. The summed E-state index contributed by atoms with van der Waals surface area (Å²) in [6.45, 7) is 18.8. The molecule has 0 radical (unpaired) electrons. The highest BCUT2D eigenvalue weighted by atomic mass is 16.3. The molecule has 0 aromatic rings. The van der Waals surface area contributed by atoms with Crippen LogP contribution in [0.5, 0.6) is 0 Å². The standard InChI is InChI=1S/C30H48O/c1-19(2)24(20(3)4)10-8-21(5)26-12-13-27-25-11-9-22-18-23(31)14-16-29(22,6)28(25)15-17-30(26,27)7/h8-10,20-21,23-28,31H,1,11-18H2,2-7H3/b10-8+/t21-,23+,24?,25+,26-,27+,28+,29+,30-/m1/s1. The van der Waals surface area contributed by atoms with Crippen molar-refractivity contribution in [2.24, 2.45) is 52.3 Å². The molecule has 9 atom stereocenters. The van der Waals surface area contributed by atoms with Crippen molar-refractivity contribution in [3.63, 3.8) is 0 Å². The Hall–Kier alpha value is -0.820. The van der Waals surface area contributed by atoms with Gasteiger partial charge in [0.2, 0.25) is 0 Å². The maximum Gasteiger partial charge on any atom is 0.0577 e. The van der Waals surface area contributed by atoms with Crippen LogP contribution < -0.4 is 0 Å². The van der Waals surface area contributed by atoms with Gasteiger partial charge in [-0.15, -0.1) is 0 Å². The zero-order chi connectivity index (χ0) is 22.6. The van der Waals surface area contributed by atoms with Gasteiger partial charge in [-0.05, 0) is 111 Å². The lowest BCUT2D eigenvalue weighted by atomic mass is 9.47. The lowest BCUT2D eigenvalue weighted by Crippen LogP contribution is -2.50. The fourth-order valence-corrected chi connectivity index (χ4v) is 8.93. The van der Waals surface area contributed by atoms with Gasteiger partial charge in [-0.1, -0.05) is 70.6 Å². The molecule has 174 valence electrons. The van der Waals surface area contributed by atoms with Gasteiger partial charge in [0.25, 0.3) is 0 Å². The molecular formula is C30H48O. The fraction of sp³-hybridized carbons (Fsp3) is 0.800. The molecule has 0 bridgehead atoms. The van der Waals surface area contributed by atoms with Crippen molar-refractivity contribution in [1.82, 2.24) is 0 Å². The van der Waals surface area contributed by atoms with Gasteiger partial charge in [0.05, 0.1) is 6.10 Å². The smallest absolute Gasteiger partial charge is 0.0577 e. The molecule has 3 fully saturated rings. The van der Waals surface area contributed by atoms with E-state index in [9.17, 15) is 5.11 Å². The third-order valence-corrected chi connectivity index (χ3v) is 10.7. The van der Waals surface area contributed by atoms with E-state index in [1.807, 2.05) is 0 Å². The summed E-state index contributed by atoms with van der Waals surface area (Å²) in [5.41, 5.74) is 3.75. The molecule has 0 amide bonds. The first kappa shape index (κ1) is 23.3. The first-order chi connectivity index (χ1) is 14.6. The van der Waals surface area contributed by atoms with Gasteiger partial charge < -0.3 is 5.11 Å². The van der Waals surface area contributed by atoms with E-state index in [4.69, 9.17) is 0 Å². The number of fused-ring (bicyclic) bond motifs is 5. The minimum Gasteiger partial charge on any atom is -0.393 e. The van der Waals surface area contributed by atoms with Crippen LogP contribution in [-0.2, 0) is 0 Å². The quantitative estimate of drug-likeness (QED) is 0.444. The normalized spacial score (nSPS) is 44.4. The first-order valence-corrected chi connectivity index (χ1v) is 13.3. The molecule has 0 aromatic heterocycles. The predicted molar refractivity (Wildman–Crippen MR) is 133 cm³/mol. The van der Waals surface area contributed by atoms with E-state index >= 15 is 0 Å². The topological polar surface area (TPSA) is 20.2 Å². The average Bonchev–Trinajstić information content (AvgIpc) is 3.05. The molecule has 4 aliphatic carbocycles. The number of hydrogen-bond acceptors (Lipinski definition) is 1. The summed E-state index contributed by atoms with van der Waals surface area (Å²) in [7, 11) is 0. The van der Waals surface area contributed by atoms with E-state index in [1.54, 1.807) is 5.57 Å². The van der Waals surface area contributed by atoms with Gasteiger partial charge in [-0.25, -0.2) is 0 Å². The van der Waals surface area contributed by atoms with Crippen molar-refractivity contribution in [2.45, 2.75) is 99.0 Å². The van der Waals surface area contributed by atoms with Crippen LogP contribution in [0.3, 0.4) is 0 Å². The summed E-state index contributed by atoms with van der Waals surface area (Å²) in [5, 5.41) is 10.3. The second-order valence-corrected chi connectivity index (χ2v) is 12.7. The zero-order valence-electron chi connectivity index (χ0n) is 21.2. The van der Waals surface area contributed by atoms with Gasteiger partial charge in [-0.3, -0.25) is 0 Å². The van der Waals surface area contributed by atoms with Crippen LogP contribution in [0.15, 0.2) is 36.0 Å². The Morgan fingerprint density at radius 1 is 1.06 bits per heavy atom. The Labute approximate surface area is 192 Å². The minimum absolute atomic E-state index is 0.0953. The van der Waals surface area contributed by atoms with Crippen LogP contribution in [0.2, 0.25) is 0 Å². The highest BCUT2D eigenvalue weighted by molar-refractivity contribution is 5.25. The number of hydrogen-bond donors (Lipinski definition) is 1. The Kier molecular flexibility index (Phi) is 6.41. The molecule has 0 aromatic carbocycles. The van der Waals surface area contributed by atoms with Crippen LogP contribution in [0.4, 0.5) is 0 Å². The Morgan fingerprint density at radius 2 is 1.81 bits per heavy atom. The van der Waals surface area contributed by atoms with Gasteiger partial charge in [0, 0.05) is 0 Å². The summed E-state index contributed by atoms with van der Waals surface area (Å²) in [6, 6.07) is 0. The van der Waals surface area contributed by atoms with Crippen molar-refractivity contribution in [3.8, 4) is 0 Å². The summed E-state index contributed by atoms with van der Waals surface area (Å²) in [4.78, 5) is 0. The summed E-state index contributed by atoms with van der Waals surface area (Å²) >= 11 is 0. The van der Waals surface area contributed by atoms with Crippen LogP contribution in [-0.4, -0.2) is 11.2 Å². The molecule has 0 spiro atoms. The molecule has 1 nitrogen and oxygen atoms in total. The largest absolute Gasteiger partial charge is 0.393 e. The molecule has 1 unspecified atom stereocenters. The molecule has 3 saturated carbocycles. The number of rotatable bonds is 5. The third kappa shape index (κ3) is 3.92. The zero-order valence-corrected chi connectivity index (χ0v) is 21.2. The second-order valence-electron chi connectivity index (χ2n) is 12.7. The number of allylic oxidation sites excluding steroid dienone is 4. The van der Waals surface area contributed by atoms with Gasteiger partial charge in [-0.2, -0.15) is 0 Å². The van der Waals surface area contributed by atoms with Crippen LogP contribution in [0.1, 0.15) is 92.9 Å². The second kappa shape index (κ2) is 8.51. The van der Waals surface area contributed by atoms with E-state index < -0.39 is 0 Å². The van der Waals surface area contributed by atoms with Crippen LogP contribution in [0.25, 0.3) is 0 Å². The highest BCUT2D eigenvalue weighted by Gasteiger charge is 2.58. The Morgan fingerprint density at radius 3 is 2.48 bits per heavy atom. The number of aliphatic hydroxyl groups excluding tert-OH is 1. The Bertz CT molecular complexity index is 744. The predicted octanol–water partition coefficient (Wildman–Crippen LogP) is 7.97. The lowest BCUT2D eigenvalue weighted by molar-refractivity contribution is -0.0540.